The predicted octanol–water partition coefficient (Wildman–Crippen LogP) is 3.37. The summed E-state index contributed by atoms with van der Waals surface area (Å²) in [6.45, 7) is 0. The van der Waals surface area contributed by atoms with Gasteiger partial charge in [0.1, 0.15) is 5.82 Å². The molecule has 0 radical (unpaired) electrons. The fourth-order valence-electron chi connectivity index (χ4n) is 2.81. The number of pyridine rings is 1. The second-order valence-corrected chi connectivity index (χ2v) is 6.11. The fourth-order valence-corrected chi connectivity index (χ4v) is 3.26. The lowest BCUT2D eigenvalue weighted by molar-refractivity contribution is -0.137. The molecule has 21 heavy (non-hydrogen) atoms. The number of carbonyl (C=O) groups is 1. The van der Waals surface area contributed by atoms with E-state index in [2.05, 4.69) is 26.2 Å². The minimum Gasteiger partial charge on any atom is -0.374 e. The first-order valence-corrected chi connectivity index (χ1v) is 7.33. The van der Waals surface area contributed by atoms with Crippen molar-refractivity contribution in [2.75, 3.05) is 5.32 Å². The van der Waals surface area contributed by atoms with Crippen LogP contribution >= 0.6 is 15.9 Å². The minimum atomic E-state index is -4.46. The van der Waals surface area contributed by atoms with E-state index in [9.17, 15) is 18.0 Å². The molecule has 2 bridgehead atoms. The van der Waals surface area contributed by atoms with E-state index in [1.807, 2.05) is 0 Å². The largest absolute Gasteiger partial charge is 0.417 e. The number of halogens is 4. The van der Waals surface area contributed by atoms with Crippen molar-refractivity contribution >= 4 is 27.7 Å². The number of amides is 1. The summed E-state index contributed by atoms with van der Waals surface area (Å²) in [6, 6.07) is 0.903. The highest BCUT2D eigenvalue weighted by atomic mass is 79.9. The normalized spacial score (nSPS) is 27.9. The van der Waals surface area contributed by atoms with Gasteiger partial charge >= 0.3 is 6.18 Å². The van der Waals surface area contributed by atoms with Crippen molar-refractivity contribution in [1.82, 2.24) is 4.98 Å². The van der Waals surface area contributed by atoms with E-state index in [4.69, 9.17) is 4.74 Å². The molecule has 3 atom stereocenters. The molecular weight excluding hydrogens is 353 g/mol. The van der Waals surface area contributed by atoms with Gasteiger partial charge in [0.25, 0.3) is 0 Å². The van der Waals surface area contributed by atoms with Crippen LogP contribution in [0.25, 0.3) is 0 Å². The second-order valence-electron chi connectivity index (χ2n) is 5.26. The van der Waals surface area contributed by atoms with Crippen molar-refractivity contribution in [3.05, 3.63) is 22.3 Å². The van der Waals surface area contributed by atoms with Gasteiger partial charge < -0.3 is 10.1 Å². The number of nitrogens with zero attached hydrogens (tertiary/aromatic N) is 1. The average molecular weight is 365 g/mol. The SMILES string of the molecule is O=C(Nc1ncc(C(F)(F)F)cc1Br)[C@@H]1C[C@H]2CC[C@@H]1O2. The van der Waals surface area contributed by atoms with E-state index in [1.54, 1.807) is 0 Å². The third-order valence-corrected chi connectivity index (χ3v) is 4.46. The summed E-state index contributed by atoms with van der Waals surface area (Å²) in [5, 5.41) is 2.57. The van der Waals surface area contributed by atoms with E-state index >= 15 is 0 Å². The minimum absolute atomic E-state index is 0.0803. The zero-order valence-electron chi connectivity index (χ0n) is 10.8. The maximum absolute atomic E-state index is 12.5. The summed E-state index contributed by atoms with van der Waals surface area (Å²) < 4.78 is 43.3. The highest BCUT2D eigenvalue weighted by Crippen LogP contribution is 2.39. The molecular formula is C13H12BrF3N2O2. The van der Waals surface area contributed by atoms with E-state index in [1.165, 1.54) is 0 Å². The Morgan fingerprint density at radius 3 is 2.71 bits per heavy atom. The van der Waals surface area contributed by atoms with Gasteiger partial charge in [0.15, 0.2) is 0 Å². The number of alkyl halides is 3. The standard InChI is InChI=1S/C13H12BrF3N2O2/c14-9-3-6(13(15,16)17)5-18-11(9)19-12(20)8-4-7-1-2-10(8)21-7/h3,5,7-8,10H,1-2,4H2,(H,18,19,20)/t7-,8-,10+/m1/s1. The van der Waals surface area contributed by atoms with Crippen molar-refractivity contribution in [2.45, 2.75) is 37.6 Å². The molecule has 0 aromatic carbocycles. The van der Waals surface area contributed by atoms with Crippen molar-refractivity contribution in [3.8, 4) is 0 Å². The summed E-state index contributed by atoms with van der Waals surface area (Å²) in [6.07, 6.45) is -1.22. The van der Waals surface area contributed by atoms with Crippen LogP contribution in [0.5, 0.6) is 0 Å². The van der Waals surface area contributed by atoms with E-state index in [0.29, 0.717) is 12.6 Å². The van der Waals surface area contributed by atoms with Gasteiger partial charge in [-0.1, -0.05) is 0 Å². The first-order valence-electron chi connectivity index (χ1n) is 6.53. The molecule has 2 aliphatic heterocycles. The van der Waals surface area contributed by atoms with Gasteiger partial charge in [0.2, 0.25) is 5.91 Å². The zero-order chi connectivity index (χ0) is 15.2. The van der Waals surface area contributed by atoms with E-state index in [-0.39, 0.29) is 34.3 Å². The molecule has 2 fully saturated rings. The molecule has 4 nitrogen and oxygen atoms in total. The fraction of sp³-hybridized carbons (Fsp3) is 0.538. The lowest BCUT2D eigenvalue weighted by atomic mass is 9.88. The summed E-state index contributed by atoms with van der Waals surface area (Å²) in [4.78, 5) is 15.8. The van der Waals surface area contributed by atoms with Gasteiger partial charge in [-0.15, -0.1) is 0 Å². The van der Waals surface area contributed by atoms with Crippen LogP contribution in [-0.2, 0) is 15.7 Å². The van der Waals surface area contributed by atoms with E-state index < -0.39 is 11.7 Å². The zero-order valence-corrected chi connectivity index (χ0v) is 12.4. The van der Waals surface area contributed by atoms with Gasteiger partial charge in [-0.3, -0.25) is 4.79 Å². The number of rotatable bonds is 2. The number of anilines is 1. The lowest BCUT2D eigenvalue weighted by Crippen LogP contribution is -2.31. The molecule has 0 saturated carbocycles. The Morgan fingerprint density at radius 2 is 2.19 bits per heavy atom. The van der Waals surface area contributed by atoms with Crippen LogP contribution in [0.2, 0.25) is 0 Å². The third kappa shape index (κ3) is 2.91. The van der Waals surface area contributed by atoms with Gasteiger partial charge in [-0.2, -0.15) is 13.2 Å². The smallest absolute Gasteiger partial charge is 0.374 e. The number of aromatic nitrogens is 1. The van der Waals surface area contributed by atoms with Crippen LogP contribution in [0, 0.1) is 5.92 Å². The van der Waals surface area contributed by atoms with Crippen LogP contribution in [0.15, 0.2) is 16.7 Å². The summed E-state index contributed by atoms with van der Waals surface area (Å²) >= 11 is 3.01. The molecule has 8 heteroatoms. The summed E-state index contributed by atoms with van der Waals surface area (Å²) in [5.74, 6) is -0.411. The third-order valence-electron chi connectivity index (χ3n) is 3.85. The molecule has 2 saturated heterocycles. The summed E-state index contributed by atoms with van der Waals surface area (Å²) in [7, 11) is 0. The van der Waals surface area contributed by atoms with Gasteiger partial charge in [-0.05, 0) is 41.3 Å². The highest BCUT2D eigenvalue weighted by Gasteiger charge is 2.44. The predicted molar refractivity (Wildman–Crippen MR) is 71.6 cm³/mol. The Kier molecular flexibility index (Phi) is 3.69. The Labute approximate surface area is 127 Å². The Hall–Kier alpha value is -1.15. The van der Waals surface area contributed by atoms with E-state index in [0.717, 1.165) is 18.9 Å². The topological polar surface area (TPSA) is 51.2 Å². The van der Waals surface area contributed by atoms with Crippen LogP contribution < -0.4 is 5.32 Å². The van der Waals surface area contributed by atoms with Crippen LogP contribution in [0.1, 0.15) is 24.8 Å². The molecule has 3 heterocycles. The number of ether oxygens (including phenoxy) is 1. The van der Waals surface area contributed by atoms with Crippen molar-refractivity contribution in [3.63, 3.8) is 0 Å². The average Bonchev–Trinajstić information content (AvgIpc) is 3.02. The molecule has 0 spiro atoms. The van der Waals surface area contributed by atoms with Crippen LogP contribution in [0.3, 0.4) is 0 Å². The number of nitrogens with one attached hydrogen (secondary N) is 1. The van der Waals surface area contributed by atoms with Gasteiger partial charge in [0, 0.05) is 6.20 Å². The molecule has 114 valence electrons. The molecule has 1 N–H and O–H groups in total. The molecule has 0 unspecified atom stereocenters. The Bertz CT molecular complexity index is 579. The highest BCUT2D eigenvalue weighted by molar-refractivity contribution is 9.10. The van der Waals surface area contributed by atoms with Crippen molar-refractivity contribution in [1.29, 1.82) is 0 Å². The lowest BCUT2D eigenvalue weighted by Gasteiger charge is -2.18. The molecule has 1 aromatic heterocycles. The van der Waals surface area contributed by atoms with Gasteiger partial charge in [0.05, 0.1) is 28.2 Å². The Morgan fingerprint density at radius 1 is 1.43 bits per heavy atom. The van der Waals surface area contributed by atoms with Crippen LogP contribution in [-0.4, -0.2) is 23.1 Å². The number of carbonyl (C=O) groups excluding carboxylic acids is 1. The first kappa shape index (κ1) is 14.8. The van der Waals surface area contributed by atoms with Crippen LogP contribution in [0.4, 0.5) is 19.0 Å². The second kappa shape index (κ2) is 5.24. The molecule has 2 aliphatic rings. The maximum Gasteiger partial charge on any atom is 0.417 e. The first-order chi connectivity index (χ1) is 9.84. The molecule has 3 rings (SSSR count). The Balaban J connectivity index is 1.72. The van der Waals surface area contributed by atoms with Gasteiger partial charge in [-0.25, -0.2) is 4.98 Å². The van der Waals surface area contributed by atoms with Crippen molar-refractivity contribution < 1.29 is 22.7 Å². The monoisotopic (exact) mass is 364 g/mol. The molecule has 1 amide bonds. The molecule has 0 aliphatic carbocycles. The maximum atomic E-state index is 12.5. The quantitative estimate of drug-likeness (QED) is 0.875. The number of fused-ring (bicyclic) bond motifs is 2. The number of hydrogen-bond donors (Lipinski definition) is 1. The van der Waals surface area contributed by atoms with Crippen molar-refractivity contribution in [2.24, 2.45) is 5.92 Å². The molecule has 1 aromatic rings. The number of hydrogen-bond acceptors (Lipinski definition) is 3. The summed E-state index contributed by atoms with van der Waals surface area (Å²) in [5.41, 5.74) is -0.865.